The minimum absolute atomic E-state index is 0.164. The van der Waals surface area contributed by atoms with E-state index < -0.39 is 11.0 Å². The maximum atomic E-state index is 12.5. The summed E-state index contributed by atoms with van der Waals surface area (Å²) in [5, 5.41) is 14.4. The van der Waals surface area contributed by atoms with Crippen LogP contribution in [0.1, 0.15) is 43.2 Å². The molecule has 3 nitrogen and oxygen atoms in total. The van der Waals surface area contributed by atoms with Crippen molar-refractivity contribution >= 4 is 16.7 Å². The molecule has 144 valence electrons. The number of carbonyl (C=O) groups is 1. The number of carbonyl (C=O) groups excluding carboxylic acids is 1. The summed E-state index contributed by atoms with van der Waals surface area (Å²) in [6.07, 6.45) is 3.43. The molecule has 3 heteroatoms. The van der Waals surface area contributed by atoms with Crippen molar-refractivity contribution in [1.82, 2.24) is 0 Å². The molecule has 1 aliphatic rings. The largest absolute Gasteiger partial charge is 0.469 e. The average Bonchev–Trinajstić information content (AvgIpc) is 2.75. The lowest BCUT2D eigenvalue weighted by Crippen LogP contribution is -2.52. The molecule has 1 saturated carbocycles. The molecule has 2 atom stereocenters. The van der Waals surface area contributed by atoms with Gasteiger partial charge in [0.1, 0.15) is 0 Å². The van der Waals surface area contributed by atoms with Gasteiger partial charge in [0.15, 0.2) is 0 Å². The van der Waals surface area contributed by atoms with Crippen LogP contribution in [0.2, 0.25) is 0 Å². The lowest BCUT2D eigenvalue weighted by Gasteiger charge is -2.51. The van der Waals surface area contributed by atoms with E-state index in [1.807, 2.05) is 48.5 Å². The molecule has 1 N–H and O–H groups in total. The lowest BCUT2D eigenvalue weighted by molar-refractivity contribution is -0.149. The van der Waals surface area contributed by atoms with Crippen LogP contribution in [0.25, 0.3) is 10.8 Å². The Hall–Kier alpha value is -2.65. The molecule has 0 heterocycles. The summed E-state index contributed by atoms with van der Waals surface area (Å²) in [6.45, 7) is 0. The van der Waals surface area contributed by atoms with Crippen LogP contribution < -0.4 is 0 Å². The zero-order valence-corrected chi connectivity index (χ0v) is 16.2. The Kier molecular flexibility index (Phi) is 4.94. The monoisotopic (exact) mass is 374 g/mol. The quantitative estimate of drug-likeness (QED) is 0.646. The maximum Gasteiger partial charge on any atom is 0.306 e. The van der Waals surface area contributed by atoms with E-state index in [0.717, 1.165) is 41.2 Å². The third-order valence-electron chi connectivity index (χ3n) is 6.41. The van der Waals surface area contributed by atoms with Crippen LogP contribution in [0.15, 0.2) is 72.8 Å². The van der Waals surface area contributed by atoms with Crippen LogP contribution in [0.3, 0.4) is 0 Å². The second-order valence-electron chi connectivity index (χ2n) is 7.83. The second kappa shape index (κ2) is 7.40. The summed E-state index contributed by atoms with van der Waals surface area (Å²) in [5.74, 6) is -0.287. The predicted molar refractivity (Wildman–Crippen MR) is 111 cm³/mol. The number of methoxy groups -OCH3 is 1. The van der Waals surface area contributed by atoms with Gasteiger partial charge in [0.25, 0.3) is 0 Å². The number of benzene rings is 3. The smallest absolute Gasteiger partial charge is 0.306 e. The number of rotatable bonds is 4. The Morgan fingerprint density at radius 2 is 1.57 bits per heavy atom. The van der Waals surface area contributed by atoms with Crippen molar-refractivity contribution in [2.45, 2.75) is 43.1 Å². The molecule has 0 spiro atoms. The van der Waals surface area contributed by atoms with Crippen LogP contribution in [0, 0.1) is 0 Å². The van der Waals surface area contributed by atoms with E-state index in [9.17, 15) is 9.90 Å². The molecule has 0 aromatic heterocycles. The van der Waals surface area contributed by atoms with E-state index in [0.29, 0.717) is 6.42 Å². The minimum Gasteiger partial charge on any atom is -0.469 e. The first-order chi connectivity index (χ1) is 13.6. The minimum atomic E-state index is -1.13. The van der Waals surface area contributed by atoms with E-state index in [2.05, 4.69) is 24.3 Å². The SMILES string of the molecule is COC(=O)CC1(c2ccccc2)CCCCC1(O)c1ccc2ccccc2c1. The van der Waals surface area contributed by atoms with Crippen molar-refractivity contribution < 1.29 is 14.6 Å². The van der Waals surface area contributed by atoms with Gasteiger partial charge >= 0.3 is 5.97 Å². The number of esters is 1. The molecule has 1 fully saturated rings. The van der Waals surface area contributed by atoms with Crippen LogP contribution >= 0.6 is 0 Å². The number of hydrogen-bond donors (Lipinski definition) is 1. The number of hydrogen-bond acceptors (Lipinski definition) is 3. The molecule has 0 bridgehead atoms. The van der Waals surface area contributed by atoms with Crippen LogP contribution in [0.5, 0.6) is 0 Å². The molecule has 0 aliphatic heterocycles. The first-order valence-corrected chi connectivity index (χ1v) is 9.93. The third kappa shape index (κ3) is 3.00. The number of fused-ring (bicyclic) bond motifs is 1. The predicted octanol–water partition coefficient (Wildman–Crippen LogP) is 5.10. The van der Waals surface area contributed by atoms with Gasteiger partial charge in [0, 0.05) is 5.41 Å². The summed E-state index contributed by atoms with van der Waals surface area (Å²) in [7, 11) is 1.42. The van der Waals surface area contributed by atoms with Gasteiger partial charge in [0.05, 0.1) is 19.1 Å². The Bertz CT molecular complexity index is 981. The van der Waals surface area contributed by atoms with Crippen molar-refractivity contribution in [1.29, 1.82) is 0 Å². The molecule has 3 aromatic rings. The second-order valence-corrected chi connectivity index (χ2v) is 7.83. The molecule has 0 saturated heterocycles. The van der Waals surface area contributed by atoms with E-state index in [-0.39, 0.29) is 12.4 Å². The summed E-state index contributed by atoms with van der Waals surface area (Å²) in [5.41, 5.74) is 0.0294. The zero-order valence-electron chi connectivity index (χ0n) is 16.2. The molecular weight excluding hydrogens is 348 g/mol. The van der Waals surface area contributed by atoms with Gasteiger partial charge in [-0.05, 0) is 40.8 Å². The van der Waals surface area contributed by atoms with Crippen molar-refractivity contribution in [3.63, 3.8) is 0 Å². The number of aliphatic hydroxyl groups is 1. The lowest BCUT2D eigenvalue weighted by atomic mass is 9.56. The van der Waals surface area contributed by atoms with Gasteiger partial charge in [-0.15, -0.1) is 0 Å². The Balaban J connectivity index is 1.92. The average molecular weight is 374 g/mol. The van der Waals surface area contributed by atoms with E-state index in [4.69, 9.17) is 4.74 Å². The molecule has 2 unspecified atom stereocenters. The third-order valence-corrected chi connectivity index (χ3v) is 6.41. The van der Waals surface area contributed by atoms with Gasteiger partial charge in [-0.25, -0.2) is 0 Å². The van der Waals surface area contributed by atoms with Gasteiger partial charge in [-0.2, -0.15) is 0 Å². The standard InChI is InChI=1S/C25H26O3/c1-28-23(26)18-24(21-11-3-2-4-12-21)15-7-8-16-25(24,27)22-14-13-19-9-5-6-10-20(19)17-22/h2-6,9-14,17,27H,7-8,15-16,18H2,1H3. The van der Waals surface area contributed by atoms with Crippen LogP contribution in [-0.2, 0) is 20.5 Å². The van der Waals surface area contributed by atoms with E-state index in [1.165, 1.54) is 7.11 Å². The zero-order chi connectivity index (χ0) is 19.6. The fourth-order valence-electron chi connectivity index (χ4n) is 4.92. The Labute approximate surface area is 166 Å². The van der Waals surface area contributed by atoms with Crippen molar-refractivity contribution in [2.75, 3.05) is 7.11 Å². The highest BCUT2D eigenvalue weighted by Gasteiger charge is 2.54. The van der Waals surface area contributed by atoms with Gasteiger partial charge in [0.2, 0.25) is 0 Å². The first-order valence-electron chi connectivity index (χ1n) is 9.93. The number of ether oxygens (including phenoxy) is 1. The fourth-order valence-corrected chi connectivity index (χ4v) is 4.92. The van der Waals surface area contributed by atoms with Crippen LogP contribution in [0.4, 0.5) is 0 Å². The topological polar surface area (TPSA) is 46.5 Å². The van der Waals surface area contributed by atoms with E-state index >= 15 is 0 Å². The molecular formula is C25H26O3. The highest BCUT2D eigenvalue weighted by molar-refractivity contribution is 5.83. The fraction of sp³-hybridized carbons (Fsp3) is 0.320. The van der Waals surface area contributed by atoms with Gasteiger partial charge < -0.3 is 9.84 Å². The van der Waals surface area contributed by atoms with Gasteiger partial charge in [-0.1, -0.05) is 79.6 Å². The Morgan fingerprint density at radius 3 is 2.32 bits per heavy atom. The first kappa shape index (κ1) is 18.7. The van der Waals surface area contributed by atoms with Crippen molar-refractivity contribution in [3.05, 3.63) is 83.9 Å². The summed E-state index contributed by atoms with van der Waals surface area (Å²) >= 11 is 0. The Morgan fingerprint density at radius 1 is 0.893 bits per heavy atom. The summed E-state index contributed by atoms with van der Waals surface area (Å²) < 4.78 is 5.05. The highest BCUT2D eigenvalue weighted by atomic mass is 16.5. The molecule has 4 rings (SSSR count). The highest BCUT2D eigenvalue weighted by Crippen LogP contribution is 2.54. The molecule has 0 amide bonds. The maximum absolute atomic E-state index is 12.5. The summed E-state index contributed by atoms with van der Waals surface area (Å²) in [4.78, 5) is 12.5. The normalized spacial score (nSPS) is 24.8. The van der Waals surface area contributed by atoms with Crippen molar-refractivity contribution in [2.24, 2.45) is 0 Å². The van der Waals surface area contributed by atoms with Gasteiger partial charge in [-0.3, -0.25) is 4.79 Å². The molecule has 1 aliphatic carbocycles. The van der Waals surface area contributed by atoms with E-state index in [1.54, 1.807) is 0 Å². The molecule has 28 heavy (non-hydrogen) atoms. The molecule has 3 aromatic carbocycles. The molecule has 0 radical (unpaired) electrons. The summed E-state index contributed by atoms with van der Waals surface area (Å²) in [6, 6.07) is 24.3. The van der Waals surface area contributed by atoms with Crippen molar-refractivity contribution in [3.8, 4) is 0 Å². The van der Waals surface area contributed by atoms with Crippen LogP contribution in [-0.4, -0.2) is 18.2 Å².